The van der Waals surface area contributed by atoms with Gasteiger partial charge in [0.15, 0.2) is 11.5 Å². The molecule has 7 nitrogen and oxygen atoms in total. The number of benzene rings is 1. The summed E-state index contributed by atoms with van der Waals surface area (Å²) in [6.07, 6.45) is 4.67. The van der Waals surface area contributed by atoms with E-state index in [0.29, 0.717) is 31.6 Å². The maximum Gasteiger partial charge on any atom is 0.320 e. The van der Waals surface area contributed by atoms with Gasteiger partial charge in [0, 0.05) is 12.6 Å². The van der Waals surface area contributed by atoms with Crippen LogP contribution in [0.3, 0.4) is 0 Å². The first-order chi connectivity index (χ1) is 10.9. The molecule has 0 saturated carbocycles. The SMILES string of the molecule is COc1cc(/C=C/C(=O)NCCCCC(N)C(=O)O)ccc1O. The number of methoxy groups -OCH3 is 1. The van der Waals surface area contributed by atoms with Gasteiger partial charge in [-0.15, -0.1) is 0 Å². The van der Waals surface area contributed by atoms with Crippen LogP contribution < -0.4 is 15.8 Å². The van der Waals surface area contributed by atoms with Crippen molar-refractivity contribution in [1.82, 2.24) is 5.32 Å². The number of amides is 1. The molecule has 1 aromatic rings. The van der Waals surface area contributed by atoms with E-state index in [1.54, 1.807) is 18.2 Å². The second-order valence-corrected chi connectivity index (χ2v) is 5.00. The first-order valence-corrected chi connectivity index (χ1v) is 7.25. The molecule has 1 atom stereocenters. The van der Waals surface area contributed by atoms with Crippen molar-refractivity contribution in [2.24, 2.45) is 5.73 Å². The molecule has 0 radical (unpaired) electrons. The molecule has 0 aliphatic heterocycles. The lowest BCUT2D eigenvalue weighted by molar-refractivity contribution is -0.138. The van der Waals surface area contributed by atoms with Crippen molar-refractivity contribution >= 4 is 18.0 Å². The standard InChI is InChI=1S/C16H22N2O5/c1-23-14-10-11(5-7-13(14)19)6-8-15(20)18-9-3-2-4-12(17)16(21)22/h5-8,10,12,19H,2-4,9,17H2,1H3,(H,18,20)(H,21,22)/b8-6+. The molecule has 7 heteroatoms. The number of unbranched alkanes of at least 4 members (excludes halogenated alkanes) is 1. The molecule has 0 heterocycles. The number of hydrogen-bond donors (Lipinski definition) is 4. The van der Waals surface area contributed by atoms with E-state index < -0.39 is 12.0 Å². The molecule has 1 amide bonds. The molecule has 126 valence electrons. The summed E-state index contributed by atoms with van der Waals surface area (Å²) in [6, 6.07) is 3.92. The normalized spacial score (nSPS) is 12.1. The number of rotatable bonds is 9. The van der Waals surface area contributed by atoms with E-state index in [1.807, 2.05) is 0 Å². The average molecular weight is 322 g/mol. The predicted molar refractivity (Wildman–Crippen MR) is 86.2 cm³/mol. The topological polar surface area (TPSA) is 122 Å². The van der Waals surface area contributed by atoms with Crippen molar-refractivity contribution in [3.63, 3.8) is 0 Å². The van der Waals surface area contributed by atoms with Gasteiger partial charge in [-0.1, -0.05) is 6.07 Å². The van der Waals surface area contributed by atoms with Gasteiger partial charge in [-0.25, -0.2) is 0 Å². The number of aromatic hydroxyl groups is 1. The van der Waals surface area contributed by atoms with E-state index in [0.717, 1.165) is 5.56 Å². The number of ether oxygens (including phenoxy) is 1. The van der Waals surface area contributed by atoms with Gasteiger partial charge in [0.05, 0.1) is 7.11 Å². The number of phenols is 1. The lowest BCUT2D eigenvalue weighted by Crippen LogP contribution is -2.30. The third-order valence-corrected chi connectivity index (χ3v) is 3.19. The number of aliphatic carboxylic acids is 1. The van der Waals surface area contributed by atoms with E-state index in [-0.39, 0.29) is 11.7 Å². The Balaban J connectivity index is 2.32. The van der Waals surface area contributed by atoms with Gasteiger partial charge in [0.1, 0.15) is 6.04 Å². The number of carbonyl (C=O) groups is 2. The summed E-state index contributed by atoms with van der Waals surface area (Å²) in [6.45, 7) is 0.453. The quantitative estimate of drug-likeness (QED) is 0.399. The van der Waals surface area contributed by atoms with Crippen molar-refractivity contribution < 1.29 is 24.5 Å². The molecule has 0 spiro atoms. The number of nitrogens with one attached hydrogen (secondary N) is 1. The Kier molecular flexibility index (Phi) is 7.62. The number of phenolic OH excluding ortho intramolecular Hbond substituents is 1. The highest BCUT2D eigenvalue weighted by Gasteiger charge is 2.09. The number of carboxylic acids is 1. The highest BCUT2D eigenvalue weighted by atomic mass is 16.5. The summed E-state index contributed by atoms with van der Waals surface area (Å²) in [4.78, 5) is 22.2. The molecule has 0 fully saturated rings. The van der Waals surface area contributed by atoms with Crippen LogP contribution in [0, 0.1) is 0 Å². The van der Waals surface area contributed by atoms with E-state index in [1.165, 1.54) is 19.3 Å². The van der Waals surface area contributed by atoms with Gasteiger partial charge in [-0.2, -0.15) is 0 Å². The Hall–Kier alpha value is -2.54. The summed E-state index contributed by atoms with van der Waals surface area (Å²) in [5.41, 5.74) is 6.10. The smallest absolute Gasteiger partial charge is 0.320 e. The second kappa shape index (κ2) is 9.47. The minimum atomic E-state index is -1.01. The maximum absolute atomic E-state index is 11.6. The fourth-order valence-corrected chi connectivity index (χ4v) is 1.85. The molecule has 0 aliphatic carbocycles. The summed E-state index contributed by atoms with van der Waals surface area (Å²) >= 11 is 0. The largest absolute Gasteiger partial charge is 0.504 e. The van der Waals surface area contributed by atoms with Crippen LogP contribution in [0.5, 0.6) is 11.5 Å². The van der Waals surface area contributed by atoms with Crippen molar-refractivity contribution in [3.05, 3.63) is 29.8 Å². The lowest BCUT2D eigenvalue weighted by atomic mass is 10.1. The van der Waals surface area contributed by atoms with E-state index in [2.05, 4.69) is 5.32 Å². The van der Waals surface area contributed by atoms with Crippen molar-refractivity contribution in [2.75, 3.05) is 13.7 Å². The molecule has 1 rings (SSSR count). The number of nitrogens with two attached hydrogens (primary N) is 1. The zero-order valence-electron chi connectivity index (χ0n) is 13.0. The van der Waals surface area contributed by atoms with Crippen LogP contribution in [0.25, 0.3) is 6.08 Å². The highest BCUT2D eigenvalue weighted by Crippen LogP contribution is 2.26. The van der Waals surface area contributed by atoms with Gasteiger partial charge in [-0.3, -0.25) is 9.59 Å². The minimum Gasteiger partial charge on any atom is -0.504 e. The van der Waals surface area contributed by atoms with Gasteiger partial charge in [0.2, 0.25) is 5.91 Å². The molecule has 23 heavy (non-hydrogen) atoms. The van der Waals surface area contributed by atoms with Crippen molar-refractivity contribution in [3.8, 4) is 11.5 Å². The van der Waals surface area contributed by atoms with Crippen molar-refractivity contribution in [1.29, 1.82) is 0 Å². The van der Waals surface area contributed by atoms with Crippen molar-refractivity contribution in [2.45, 2.75) is 25.3 Å². The molecule has 0 aromatic heterocycles. The van der Waals surface area contributed by atoms with Crippen LogP contribution in [0.2, 0.25) is 0 Å². The van der Waals surface area contributed by atoms with Crippen LogP contribution in [0.4, 0.5) is 0 Å². The molecular formula is C16H22N2O5. The average Bonchev–Trinajstić information content (AvgIpc) is 2.53. The first kappa shape index (κ1) is 18.5. The Morgan fingerprint density at radius 2 is 2.13 bits per heavy atom. The molecular weight excluding hydrogens is 300 g/mol. The third kappa shape index (κ3) is 6.84. The number of carbonyl (C=O) groups excluding carboxylic acids is 1. The fraction of sp³-hybridized carbons (Fsp3) is 0.375. The highest BCUT2D eigenvalue weighted by molar-refractivity contribution is 5.91. The Morgan fingerprint density at radius 1 is 1.39 bits per heavy atom. The van der Waals surface area contributed by atoms with Gasteiger partial charge < -0.3 is 26.0 Å². The summed E-state index contributed by atoms with van der Waals surface area (Å²) in [5, 5.41) is 20.8. The zero-order valence-corrected chi connectivity index (χ0v) is 13.0. The molecule has 1 aromatic carbocycles. The fourth-order valence-electron chi connectivity index (χ4n) is 1.85. The Bertz CT molecular complexity index is 572. The van der Waals surface area contributed by atoms with E-state index in [9.17, 15) is 14.7 Å². The second-order valence-electron chi connectivity index (χ2n) is 5.00. The van der Waals surface area contributed by atoms with Crippen LogP contribution in [-0.2, 0) is 9.59 Å². The zero-order chi connectivity index (χ0) is 17.2. The van der Waals surface area contributed by atoms with Gasteiger partial charge >= 0.3 is 5.97 Å². The molecule has 5 N–H and O–H groups in total. The molecule has 0 aliphatic rings. The van der Waals surface area contributed by atoms with Gasteiger partial charge in [0.25, 0.3) is 0 Å². The van der Waals surface area contributed by atoms with Crippen LogP contribution in [0.1, 0.15) is 24.8 Å². The summed E-state index contributed by atoms with van der Waals surface area (Å²) < 4.78 is 4.98. The number of carboxylic acid groups (broad SMARTS) is 1. The van der Waals surface area contributed by atoms with E-state index in [4.69, 9.17) is 15.6 Å². The lowest BCUT2D eigenvalue weighted by Gasteiger charge is -2.06. The minimum absolute atomic E-state index is 0.0358. The van der Waals surface area contributed by atoms with Crippen LogP contribution in [0.15, 0.2) is 24.3 Å². The third-order valence-electron chi connectivity index (χ3n) is 3.19. The number of hydrogen-bond acceptors (Lipinski definition) is 5. The summed E-state index contributed by atoms with van der Waals surface area (Å²) in [5.74, 6) is -0.892. The monoisotopic (exact) mass is 322 g/mol. The van der Waals surface area contributed by atoms with Crippen LogP contribution >= 0.6 is 0 Å². The van der Waals surface area contributed by atoms with Gasteiger partial charge in [-0.05, 0) is 43.0 Å². The Labute approximate surface area is 134 Å². The first-order valence-electron chi connectivity index (χ1n) is 7.25. The van der Waals surface area contributed by atoms with E-state index >= 15 is 0 Å². The molecule has 0 saturated heterocycles. The Morgan fingerprint density at radius 3 is 2.78 bits per heavy atom. The predicted octanol–water partition coefficient (Wildman–Crippen LogP) is 1.11. The maximum atomic E-state index is 11.6. The van der Waals surface area contributed by atoms with Crippen LogP contribution in [-0.4, -0.2) is 41.8 Å². The molecule has 0 bridgehead atoms. The summed E-state index contributed by atoms with van der Waals surface area (Å²) in [7, 11) is 1.45. The molecule has 1 unspecified atom stereocenters.